The summed E-state index contributed by atoms with van der Waals surface area (Å²) in [5.41, 5.74) is 0.940. The maximum Gasteiger partial charge on any atom is 0.305 e. The molecule has 0 bridgehead atoms. The number of carbonyl (C=O) groups is 1. The van der Waals surface area contributed by atoms with Gasteiger partial charge in [0.15, 0.2) is 5.13 Å². The van der Waals surface area contributed by atoms with Crippen molar-refractivity contribution in [2.75, 3.05) is 25.2 Å². The van der Waals surface area contributed by atoms with Crippen molar-refractivity contribution in [2.45, 2.75) is 31.4 Å². The molecule has 1 aromatic heterocycles. The Balaban J connectivity index is 2.41. The van der Waals surface area contributed by atoms with E-state index in [1.807, 2.05) is 17.1 Å². The molecule has 0 aromatic carbocycles. The number of nitrogens with zero attached hydrogens (tertiary/aromatic N) is 1. The molecule has 102 valence electrons. The minimum atomic E-state index is -0.193. The summed E-state index contributed by atoms with van der Waals surface area (Å²) >= 11 is 3.40. The predicted molar refractivity (Wildman–Crippen MR) is 78.5 cm³/mol. The van der Waals surface area contributed by atoms with Crippen LogP contribution in [0, 0.1) is 0 Å². The number of esters is 1. The molecule has 4 nitrogen and oxygen atoms in total. The maximum absolute atomic E-state index is 11.0. The van der Waals surface area contributed by atoms with Crippen molar-refractivity contribution < 1.29 is 9.53 Å². The first-order chi connectivity index (χ1) is 8.46. The Labute approximate surface area is 117 Å². The second-order valence-electron chi connectivity index (χ2n) is 4.54. The number of methoxy groups -OCH3 is 1. The first kappa shape index (κ1) is 15.3. The van der Waals surface area contributed by atoms with Gasteiger partial charge in [-0.05, 0) is 20.1 Å². The van der Waals surface area contributed by atoms with E-state index >= 15 is 0 Å². The average Bonchev–Trinajstić information content (AvgIpc) is 2.81. The summed E-state index contributed by atoms with van der Waals surface area (Å²) < 4.78 is 4.80. The van der Waals surface area contributed by atoms with Gasteiger partial charge in [0.05, 0.1) is 19.2 Å². The molecular weight excluding hydrogens is 268 g/mol. The fraction of sp³-hybridized carbons (Fsp3) is 0.667. The summed E-state index contributed by atoms with van der Waals surface area (Å²) in [6.07, 6.45) is 3.12. The molecule has 1 aromatic rings. The second-order valence-corrected chi connectivity index (χ2v) is 6.91. The SMILES string of the molecule is COC(=O)CCc1csc(NCC(C)(C)SC)n1. The molecule has 0 spiro atoms. The van der Waals surface area contributed by atoms with Crippen LogP contribution in [-0.2, 0) is 16.0 Å². The molecule has 0 unspecified atom stereocenters. The molecule has 0 aliphatic rings. The minimum absolute atomic E-state index is 0.192. The fourth-order valence-corrected chi connectivity index (χ4v) is 2.16. The number of nitrogens with one attached hydrogen (secondary N) is 1. The lowest BCUT2D eigenvalue weighted by Crippen LogP contribution is -2.25. The van der Waals surface area contributed by atoms with E-state index in [-0.39, 0.29) is 10.7 Å². The number of anilines is 1. The molecule has 0 aliphatic carbocycles. The molecule has 0 fully saturated rings. The van der Waals surface area contributed by atoms with Crippen LogP contribution in [0.4, 0.5) is 5.13 Å². The number of aryl methyl sites for hydroxylation is 1. The van der Waals surface area contributed by atoms with Gasteiger partial charge >= 0.3 is 5.97 Å². The Morgan fingerprint density at radius 2 is 2.33 bits per heavy atom. The zero-order chi connectivity index (χ0) is 13.6. The molecule has 0 amide bonds. The first-order valence-corrected chi connectivity index (χ1v) is 7.87. The van der Waals surface area contributed by atoms with Crippen LogP contribution in [0.25, 0.3) is 0 Å². The van der Waals surface area contributed by atoms with Crippen molar-refractivity contribution in [3.05, 3.63) is 11.1 Å². The Morgan fingerprint density at radius 1 is 1.61 bits per heavy atom. The molecule has 0 aliphatic heterocycles. The number of rotatable bonds is 7. The largest absolute Gasteiger partial charge is 0.469 e. The zero-order valence-electron chi connectivity index (χ0n) is 11.3. The van der Waals surface area contributed by atoms with Crippen molar-refractivity contribution >= 4 is 34.2 Å². The lowest BCUT2D eigenvalue weighted by Gasteiger charge is -2.21. The maximum atomic E-state index is 11.0. The van der Waals surface area contributed by atoms with Crippen molar-refractivity contribution in [1.82, 2.24) is 4.98 Å². The highest BCUT2D eigenvalue weighted by Gasteiger charge is 2.16. The van der Waals surface area contributed by atoms with E-state index < -0.39 is 0 Å². The third kappa shape index (κ3) is 5.27. The fourth-order valence-electron chi connectivity index (χ4n) is 1.20. The Bertz CT molecular complexity index is 391. The van der Waals surface area contributed by atoms with Gasteiger partial charge in [0.2, 0.25) is 0 Å². The summed E-state index contributed by atoms with van der Waals surface area (Å²) in [6, 6.07) is 0. The molecule has 1 heterocycles. The number of aromatic nitrogens is 1. The van der Waals surface area contributed by atoms with Gasteiger partial charge in [0.1, 0.15) is 0 Å². The van der Waals surface area contributed by atoms with E-state index in [0.717, 1.165) is 17.4 Å². The monoisotopic (exact) mass is 288 g/mol. The van der Waals surface area contributed by atoms with E-state index in [0.29, 0.717) is 12.8 Å². The van der Waals surface area contributed by atoms with Crippen LogP contribution in [0.1, 0.15) is 26.0 Å². The van der Waals surface area contributed by atoms with Crippen molar-refractivity contribution in [1.29, 1.82) is 0 Å². The van der Waals surface area contributed by atoms with E-state index in [1.54, 1.807) is 11.3 Å². The van der Waals surface area contributed by atoms with Crippen LogP contribution in [0.3, 0.4) is 0 Å². The molecule has 0 atom stereocenters. The van der Waals surface area contributed by atoms with Crippen molar-refractivity contribution in [3.63, 3.8) is 0 Å². The normalized spacial score (nSPS) is 11.3. The Kier molecular flexibility index (Phi) is 5.95. The number of hydrogen-bond acceptors (Lipinski definition) is 6. The van der Waals surface area contributed by atoms with Gasteiger partial charge in [-0.25, -0.2) is 4.98 Å². The summed E-state index contributed by atoms with van der Waals surface area (Å²) in [4.78, 5) is 15.5. The molecule has 0 saturated heterocycles. The molecule has 0 saturated carbocycles. The van der Waals surface area contributed by atoms with Gasteiger partial charge in [0.25, 0.3) is 0 Å². The molecular formula is C12H20N2O2S2. The second kappa shape index (κ2) is 6.99. The number of ether oxygens (including phenoxy) is 1. The minimum Gasteiger partial charge on any atom is -0.469 e. The molecule has 18 heavy (non-hydrogen) atoms. The quantitative estimate of drug-likeness (QED) is 0.782. The van der Waals surface area contributed by atoms with E-state index in [1.165, 1.54) is 7.11 Å². The number of hydrogen-bond donors (Lipinski definition) is 1. The lowest BCUT2D eigenvalue weighted by atomic mass is 10.2. The molecule has 6 heteroatoms. The molecule has 1 N–H and O–H groups in total. The average molecular weight is 288 g/mol. The van der Waals surface area contributed by atoms with Crippen molar-refractivity contribution in [2.24, 2.45) is 0 Å². The van der Waals surface area contributed by atoms with E-state index in [9.17, 15) is 4.79 Å². The van der Waals surface area contributed by atoms with Gasteiger partial charge < -0.3 is 10.1 Å². The van der Waals surface area contributed by atoms with E-state index in [2.05, 4.69) is 35.1 Å². The molecule has 0 radical (unpaired) electrons. The smallest absolute Gasteiger partial charge is 0.305 e. The van der Waals surface area contributed by atoms with Gasteiger partial charge in [-0.2, -0.15) is 11.8 Å². The summed E-state index contributed by atoms with van der Waals surface area (Å²) in [7, 11) is 1.40. The predicted octanol–water partition coefficient (Wildman–Crippen LogP) is 2.80. The first-order valence-electron chi connectivity index (χ1n) is 5.77. The third-order valence-electron chi connectivity index (χ3n) is 2.58. The van der Waals surface area contributed by atoms with Crippen LogP contribution >= 0.6 is 23.1 Å². The van der Waals surface area contributed by atoms with Crippen LogP contribution < -0.4 is 5.32 Å². The number of carbonyl (C=O) groups excluding carboxylic acids is 1. The standard InChI is InChI=1S/C12H20N2O2S2/c1-12(2,17-4)8-13-11-14-9(7-18-11)5-6-10(15)16-3/h7H,5-6,8H2,1-4H3,(H,13,14). The van der Waals surface area contributed by atoms with Gasteiger partial charge in [-0.3, -0.25) is 4.79 Å². The van der Waals surface area contributed by atoms with Crippen LogP contribution in [0.5, 0.6) is 0 Å². The van der Waals surface area contributed by atoms with Gasteiger partial charge in [-0.15, -0.1) is 11.3 Å². The number of thioether (sulfide) groups is 1. The van der Waals surface area contributed by atoms with E-state index in [4.69, 9.17) is 0 Å². The third-order valence-corrected chi connectivity index (χ3v) is 4.68. The van der Waals surface area contributed by atoms with Gasteiger partial charge in [-0.1, -0.05) is 0 Å². The van der Waals surface area contributed by atoms with Crippen LogP contribution in [0.2, 0.25) is 0 Å². The van der Waals surface area contributed by atoms with Crippen LogP contribution in [-0.4, -0.2) is 35.6 Å². The summed E-state index contributed by atoms with van der Waals surface area (Å²) in [6.45, 7) is 5.25. The lowest BCUT2D eigenvalue weighted by molar-refractivity contribution is -0.140. The number of thiazole rings is 1. The Hall–Kier alpha value is -0.750. The summed E-state index contributed by atoms with van der Waals surface area (Å²) in [5, 5.41) is 6.23. The Morgan fingerprint density at radius 3 is 2.94 bits per heavy atom. The van der Waals surface area contributed by atoms with Crippen LogP contribution in [0.15, 0.2) is 5.38 Å². The highest BCUT2D eigenvalue weighted by molar-refractivity contribution is 7.99. The van der Waals surface area contributed by atoms with Gasteiger partial charge in [0, 0.05) is 23.1 Å². The topological polar surface area (TPSA) is 51.2 Å². The summed E-state index contributed by atoms with van der Waals surface area (Å²) in [5.74, 6) is -0.193. The molecule has 1 rings (SSSR count). The zero-order valence-corrected chi connectivity index (χ0v) is 12.9. The highest BCUT2D eigenvalue weighted by Crippen LogP contribution is 2.23. The van der Waals surface area contributed by atoms with Crippen molar-refractivity contribution in [3.8, 4) is 0 Å². The highest BCUT2D eigenvalue weighted by atomic mass is 32.2.